The Morgan fingerprint density at radius 1 is 1.22 bits per heavy atom. The van der Waals surface area contributed by atoms with Crippen LogP contribution in [0.3, 0.4) is 0 Å². The molecular weight excluding hydrogens is 364 g/mol. The Morgan fingerprint density at radius 2 is 1.96 bits per heavy atom. The summed E-state index contributed by atoms with van der Waals surface area (Å²) >= 11 is 1.33. The summed E-state index contributed by atoms with van der Waals surface area (Å²) in [5.74, 6) is -0.330. The molecule has 1 aromatic carbocycles. The van der Waals surface area contributed by atoms with Crippen molar-refractivity contribution in [1.82, 2.24) is 4.98 Å². The normalized spacial score (nSPS) is 10.9. The Labute approximate surface area is 161 Å². The Kier molecular flexibility index (Phi) is 5.91. The molecule has 0 aliphatic heterocycles. The van der Waals surface area contributed by atoms with Crippen molar-refractivity contribution in [2.24, 2.45) is 0 Å². The number of esters is 1. The first-order chi connectivity index (χ1) is 13.1. The summed E-state index contributed by atoms with van der Waals surface area (Å²) in [5, 5.41) is 3.21. The number of aromatic nitrogens is 1. The fourth-order valence-electron chi connectivity index (χ4n) is 3.05. The standard InChI is InChI=1S/C20H22N2O4S/c1-4-22(5-2)18-14-9-7-8-10-15(14)26-20(24)17(18)19-21-13(12-27-19)11-16(23)25-6-3/h7-10,12H,4-6,11H2,1-3H3. The number of carbonyl (C=O) groups is 1. The number of rotatable bonds is 7. The summed E-state index contributed by atoms with van der Waals surface area (Å²) in [4.78, 5) is 31.2. The predicted molar refractivity (Wildman–Crippen MR) is 107 cm³/mol. The van der Waals surface area contributed by atoms with Crippen LogP contribution in [0.25, 0.3) is 21.5 Å². The predicted octanol–water partition coefficient (Wildman–Crippen LogP) is 3.87. The highest BCUT2D eigenvalue weighted by atomic mass is 32.1. The van der Waals surface area contributed by atoms with Crippen molar-refractivity contribution in [3.05, 3.63) is 45.8 Å². The molecule has 0 bridgehead atoms. The summed E-state index contributed by atoms with van der Waals surface area (Å²) in [6.07, 6.45) is 0.0872. The summed E-state index contributed by atoms with van der Waals surface area (Å²) in [7, 11) is 0. The largest absolute Gasteiger partial charge is 0.466 e. The Hall–Kier alpha value is -2.67. The molecule has 0 aliphatic carbocycles. The van der Waals surface area contributed by atoms with Gasteiger partial charge in [-0.3, -0.25) is 4.79 Å². The number of nitrogens with zero attached hydrogens (tertiary/aromatic N) is 2. The molecule has 0 saturated heterocycles. The zero-order valence-electron chi connectivity index (χ0n) is 15.7. The maximum Gasteiger partial charge on any atom is 0.348 e. The fourth-order valence-corrected chi connectivity index (χ4v) is 3.90. The molecule has 0 amide bonds. The number of fused-ring (bicyclic) bond motifs is 1. The second kappa shape index (κ2) is 8.35. The Morgan fingerprint density at radius 3 is 2.67 bits per heavy atom. The third kappa shape index (κ3) is 3.88. The molecular formula is C20H22N2O4S. The number of carbonyl (C=O) groups excluding carboxylic acids is 1. The molecule has 7 heteroatoms. The van der Waals surface area contributed by atoms with Crippen molar-refractivity contribution in [2.45, 2.75) is 27.2 Å². The van der Waals surface area contributed by atoms with Crippen molar-refractivity contribution in [3.63, 3.8) is 0 Å². The van der Waals surface area contributed by atoms with Crippen LogP contribution >= 0.6 is 11.3 Å². The van der Waals surface area contributed by atoms with E-state index in [1.807, 2.05) is 32.0 Å². The van der Waals surface area contributed by atoms with Gasteiger partial charge in [0.25, 0.3) is 0 Å². The van der Waals surface area contributed by atoms with Gasteiger partial charge in [0.15, 0.2) is 0 Å². The molecule has 0 radical (unpaired) electrons. The van der Waals surface area contributed by atoms with Crippen molar-refractivity contribution in [2.75, 3.05) is 24.6 Å². The van der Waals surface area contributed by atoms with Crippen LogP contribution in [0.1, 0.15) is 26.5 Å². The van der Waals surface area contributed by atoms with Gasteiger partial charge >= 0.3 is 11.6 Å². The van der Waals surface area contributed by atoms with E-state index in [0.717, 1.165) is 24.2 Å². The molecule has 27 heavy (non-hydrogen) atoms. The quantitative estimate of drug-likeness (QED) is 0.453. The van der Waals surface area contributed by atoms with E-state index < -0.39 is 5.63 Å². The van der Waals surface area contributed by atoms with Crippen molar-refractivity contribution in [3.8, 4) is 10.6 Å². The highest BCUT2D eigenvalue weighted by molar-refractivity contribution is 7.13. The average molecular weight is 386 g/mol. The number of ether oxygens (including phenoxy) is 1. The molecule has 3 rings (SSSR count). The second-order valence-corrected chi connectivity index (χ2v) is 6.77. The summed E-state index contributed by atoms with van der Waals surface area (Å²) in [6, 6.07) is 7.51. The van der Waals surface area contributed by atoms with E-state index in [-0.39, 0.29) is 12.4 Å². The smallest absolute Gasteiger partial charge is 0.348 e. The third-order valence-electron chi connectivity index (χ3n) is 4.26. The van der Waals surface area contributed by atoms with Crippen LogP contribution < -0.4 is 10.5 Å². The number of hydrogen-bond donors (Lipinski definition) is 0. The molecule has 0 unspecified atom stereocenters. The molecule has 6 nitrogen and oxygen atoms in total. The van der Waals surface area contributed by atoms with Crippen LogP contribution in [-0.4, -0.2) is 30.6 Å². The van der Waals surface area contributed by atoms with Gasteiger partial charge < -0.3 is 14.1 Å². The van der Waals surface area contributed by atoms with E-state index >= 15 is 0 Å². The summed E-state index contributed by atoms with van der Waals surface area (Å²) in [5.41, 5.74) is 1.98. The van der Waals surface area contributed by atoms with Gasteiger partial charge in [0.05, 0.1) is 24.4 Å². The van der Waals surface area contributed by atoms with Crippen LogP contribution in [0.4, 0.5) is 5.69 Å². The molecule has 0 N–H and O–H groups in total. The minimum absolute atomic E-state index is 0.0872. The number of benzene rings is 1. The van der Waals surface area contributed by atoms with Gasteiger partial charge in [-0.2, -0.15) is 0 Å². The van der Waals surface area contributed by atoms with Gasteiger partial charge in [-0.15, -0.1) is 11.3 Å². The van der Waals surface area contributed by atoms with Crippen molar-refractivity contribution >= 4 is 34.0 Å². The number of thiazole rings is 1. The average Bonchev–Trinajstić information content (AvgIpc) is 3.10. The molecule has 2 aromatic heterocycles. The Balaban J connectivity index is 2.15. The van der Waals surface area contributed by atoms with Crippen LogP contribution in [0.5, 0.6) is 0 Å². The van der Waals surface area contributed by atoms with Crippen molar-refractivity contribution in [1.29, 1.82) is 0 Å². The van der Waals surface area contributed by atoms with Gasteiger partial charge in [-0.1, -0.05) is 12.1 Å². The second-order valence-electron chi connectivity index (χ2n) is 5.91. The van der Waals surface area contributed by atoms with Gasteiger partial charge in [0.1, 0.15) is 16.2 Å². The number of anilines is 1. The zero-order valence-corrected chi connectivity index (χ0v) is 16.5. The van der Waals surface area contributed by atoms with Crippen LogP contribution in [0.2, 0.25) is 0 Å². The van der Waals surface area contributed by atoms with E-state index in [2.05, 4.69) is 9.88 Å². The molecule has 0 spiro atoms. The maximum absolute atomic E-state index is 12.8. The van der Waals surface area contributed by atoms with E-state index in [0.29, 0.717) is 28.5 Å². The summed E-state index contributed by atoms with van der Waals surface area (Å²) < 4.78 is 10.5. The first kappa shape index (κ1) is 19.1. The van der Waals surface area contributed by atoms with E-state index in [9.17, 15) is 9.59 Å². The molecule has 3 aromatic rings. The summed E-state index contributed by atoms with van der Waals surface area (Å²) in [6.45, 7) is 7.68. The van der Waals surface area contributed by atoms with Crippen molar-refractivity contribution < 1.29 is 13.9 Å². The van der Waals surface area contributed by atoms with Crippen LogP contribution in [-0.2, 0) is 16.0 Å². The third-order valence-corrected chi connectivity index (χ3v) is 5.17. The van der Waals surface area contributed by atoms with Crippen LogP contribution in [0.15, 0.2) is 38.9 Å². The SMILES string of the molecule is CCOC(=O)Cc1csc(-c2c(N(CC)CC)c3ccccc3oc2=O)n1. The Bertz CT molecular complexity index is 1000. The van der Waals surface area contributed by atoms with E-state index in [1.165, 1.54) is 11.3 Å². The minimum atomic E-state index is -0.423. The molecule has 142 valence electrons. The van der Waals surface area contributed by atoms with Crippen LogP contribution in [0, 0.1) is 0 Å². The van der Waals surface area contributed by atoms with Gasteiger partial charge in [0.2, 0.25) is 0 Å². The van der Waals surface area contributed by atoms with E-state index in [1.54, 1.807) is 18.4 Å². The van der Waals surface area contributed by atoms with Gasteiger partial charge in [-0.05, 0) is 32.9 Å². The molecule has 0 saturated carbocycles. The lowest BCUT2D eigenvalue weighted by Crippen LogP contribution is -2.25. The maximum atomic E-state index is 12.8. The first-order valence-corrected chi connectivity index (χ1v) is 9.88. The topological polar surface area (TPSA) is 72.6 Å². The number of para-hydroxylation sites is 1. The number of hydrogen-bond acceptors (Lipinski definition) is 7. The molecule has 0 aliphatic rings. The lowest BCUT2D eigenvalue weighted by molar-refractivity contribution is -0.142. The first-order valence-electron chi connectivity index (χ1n) is 9.00. The lowest BCUT2D eigenvalue weighted by atomic mass is 10.1. The lowest BCUT2D eigenvalue weighted by Gasteiger charge is -2.24. The highest BCUT2D eigenvalue weighted by Gasteiger charge is 2.22. The monoisotopic (exact) mass is 386 g/mol. The minimum Gasteiger partial charge on any atom is -0.466 e. The van der Waals surface area contributed by atoms with E-state index in [4.69, 9.17) is 9.15 Å². The fraction of sp³-hybridized carbons (Fsp3) is 0.350. The molecule has 2 heterocycles. The molecule has 0 atom stereocenters. The van der Waals surface area contributed by atoms with Gasteiger partial charge in [-0.25, -0.2) is 9.78 Å². The zero-order chi connectivity index (χ0) is 19.4. The molecule has 0 fully saturated rings. The highest BCUT2D eigenvalue weighted by Crippen LogP contribution is 2.36. The van der Waals surface area contributed by atoms with Gasteiger partial charge in [0, 0.05) is 23.9 Å².